The minimum absolute atomic E-state index is 0. The minimum atomic E-state index is -1.43. The van der Waals surface area contributed by atoms with Gasteiger partial charge in [0.2, 0.25) is 0 Å². The Morgan fingerprint density at radius 2 is 0.762 bits per heavy atom. The van der Waals surface area contributed by atoms with Gasteiger partial charge in [0.1, 0.15) is 23.3 Å². The molecule has 0 bridgehead atoms. The molecule has 0 aliphatic heterocycles. The van der Waals surface area contributed by atoms with Gasteiger partial charge in [0.25, 0.3) is 0 Å². The number of hydrogen-bond acceptors (Lipinski definition) is 0. The first-order chi connectivity index (χ1) is 25.2. The van der Waals surface area contributed by atoms with Crippen molar-refractivity contribution in [2.45, 2.75) is 21.3 Å². The molecule has 24 heteroatoms. The van der Waals surface area contributed by atoms with Crippen LogP contribution in [0.25, 0.3) is 0 Å². The summed E-state index contributed by atoms with van der Waals surface area (Å²) in [6.45, 7) is 4.04. The molecule has 0 aromatic heterocycles. The van der Waals surface area contributed by atoms with Gasteiger partial charge in [0.05, 0.1) is 13.4 Å². The number of hydrogen-bond donors (Lipinski definition) is 0. The normalized spacial score (nSPS) is 8.29. The van der Waals surface area contributed by atoms with Crippen molar-refractivity contribution < 1.29 is 306 Å². The van der Waals surface area contributed by atoms with Crippen molar-refractivity contribution in [3.8, 4) is 0 Å². The molecule has 8 radical (unpaired) electrons. The maximum atomic E-state index is 12.3. The molecule has 0 fully saturated rings. The summed E-state index contributed by atoms with van der Waals surface area (Å²) in [4.78, 5) is 0. The third-order valence-corrected chi connectivity index (χ3v) is 8.75. The van der Waals surface area contributed by atoms with Gasteiger partial charge in [-0.3, -0.25) is 17.2 Å². The van der Waals surface area contributed by atoms with Crippen LogP contribution in [0.5, 0.6) is 0 Å². The monoisotopic (exact) mass is 1870 g/mol. The van der Waals surface area contributed by atoms with Crippen molar-refractivity contribution in [1.29, 1.82) is 0 Å². The van der Waals surface area contributed by atoms with Gasteiger partial charge in [-0.15, -0.1) is 15.9 Å². The topological polar surface area (TPSA) is 0 Å². The zero-order valence-electron chi connectivity index (χ0n) is 31.9. The average Bonchev–Trinajstić information content (AvgIpc) is 3.07. The molecule has 0 nitrogen and oxygen atoms in total. The van der Waals surface area contributed by atoms with Crippen LogP contribution in [0.15, 0.2) is 124 Å². The molecule has 63 heavy (non-hydrogen) atoms. The molecular weight excluding hydrogens is 1850 g/mol. The molecule has 0 unspecified atom stereocenters. The molecule has 6 rings (SSSR count). The van der Waals surface area contributed by atoms with Crippen LogP contribution in [0.3, 0.4) is 0 Å². The maximum Gasteiger partial charge on any atom is 0.176 e. The predicted octanol–water partition coefficient (Wildman–Crippen LogP) is 16.9. The van der Waals surface area contributed by atoms with Crippen molar-refractivity contribution >= 4 is 95.6 Å². The van der Waals surface area contributed by atoms with Crippen molar-refractivity contribution in [3.05, 3.63) is 205 Å². The van der Waals surface area contributed by atoms with Gasteiger partial charge >= 0.3 is 0 Å². The summed E-state index contributed by atoms with van der Waals surface area (Å²) in [5, 5.41) is 0. The van der Waals surface area contributed by atoms with E-state index in [1.54, 1.807) is 30.3 Å². The van der Waals surface area contributed by atoms with E-state index in [2.05, 4.69) is 108 Å². The van der Waals surface area contributed by atoms with E-state index in [9.17, 15) is 43.9 Å². The zero-order chi connectivity index (χ0) is 41.1. The summed E-state index contributed by atoms with van der Waals surface area (Å²) in [6, 6.07) is 28.3. The third kappa shape index (κ3) is 41.3. The second-order valence-electron chi connectivity index (χ2n) is 9.83. The minimum Gasteiger partial charge on any atom is -0.341 e. The van der Waals surface area contributed by atoms with Gasteiger partial charge in [0, 0.05) is 283 Å². The summed E-state index contributed by atoms with van der Waals surface area (Å²) in [5.74, 6) is -8.92. The van der Waals surface area contributed by atoms with E-state index < -0.39 is 51.0 Å². The summed E-state index contributed by atoms with van der Waals surface area (Å²) < 4.78 is 124. The van der Waals surface area contributed by atoms with Crippen molar-refractivity contribution in [1.82, 2.24) is 0 Å². The average molecular weight is 1880 g/mol. The van der Waals surface area contributed by atoms with Gasteiger partial charge in [-0.05, 0) is 102 Å². The molecule has 0 heterocycles. The Balaban J connectivity index is -0.0000000773. The van der Waals surface area contributed by atoms with Crippen LogP contribution in [0.1, 0.15) is 18.6 Å². The fourth-order valence-electron chi connectivity index (χ4n) is 3.22. The van der Waals surface area contributed by atoms with Crippen LogP contribution in [0, 0.1) is 84.2 Å². The SMILES string of the molecule is C.Cc1[c-]c(Br)[c-]c(C)c1.Fc1cc(F)c(F)c(Br)c1F.Fc1cc(F)cc(Br)c1.Fc1cccc(Br)c1.Fc1cccc(Br)c1F.Fc1ccccc1Br.[Y].[Y].[Y].[Y].[Y].[Y].[Y].[Y]. The quantitative estimate of drug-likeness (QED) is 0.0615. The Morgan fingerprint density at radius 1 is 0.365 bits per heavy atom. The van der Waals surface area contributed by atoms with Gasteiger partial charge < -0.3 is 12.1 Å². The number of aryl methyl sites for hydroxylation is 2. The molecule has 6 aromatic carbocycles. The van der Waals surface area contributed by atoms with E-state index in [1.165, 1.54) is 42.5 Å². The Morgan fingerprint density at radius 3 is 1.08 bits per heavy atom. The van der Waals surface area contributed by atoms with E-state index in [0.717, 1.165) is 32.2 Å². The van der Waals surface area contributed by atoms with E-state index in [4.69, 9.17) is 0 Å². The van der Waals surface area contributed by atoms with Crippen LogP contribution < -0.4 is 0 Å². The first kappa shape index (κ1) is 88.9. The van der Waals surface area contributed by atoms with Gasteiger partial charge in [-0.2, -0.15) is 0 Å². The number of benzene rings is 6. The largest absolute Gasteiger partial charge is 0.341 e. The standard InChI is InChI=1S/C8H7Br.C6HBrF4.2C6H3BrF2.2C6H4BrF.CH4.8Y/c1-6-3-7(2)5-8(9)4-6;7-4-5(10)2(8)1-3(9)6(4)11;7-4-1-5(8)3-6(9)2-4;7-4-2-1-3-5(8)6(4)9;7-5-2-1-3-6(8)4-5;7-5-3-1-2-4-6(5)8;;;;;;;;;/h3H,1-2H3;1H;2*1-3H;2*1-4H;1H4;;;;;;;;/q-2;;;;;;;;;;;;;;. The van der Waals surface area contributed by atoms with E-state index in [1.807, 2.05) is 19.9 Å². The van der Waals surface area contributed by atoms with Crippen LogP contribution in [0.4, 0.5) is 43.9 Å². The van der Waals surface area contributed by atoms with E-state index >= 15 is 0 Å². The summed E-state index contributed by atoms with van der Waals surface area (Å²) >= 11 is 17.6. The molecule has 0 saturated carbocycles. The molecular formula is C39H26Br6F10Y8-2. The third-order valence-electron chi connectivity index (χ3n) is 5.45. The number of rotatable bonds is 0. The molecule has 0 aliphatic carbocycles. The summed E-state index contributed by atoms with van der Waals surface area (Å²) in [5.41, 5.74) is 2.30. The molecule has 0 N–H and O–H groups in total. The fourth-order valence-corrected chi connectivity index (χ4v) is 5.65. The van der Waals surface area contributed by atoms with Crippen LogP contribution >= 0.6 is 95.6 Å². The molecule has 0 atom stereocenters. The second kappa shape index (κ2) is 50.5. The van der Waals surface area contributed by atoms with Gasteiger partial charge in [-0.25, -0.2) is 48.4 Å². The molecule has 0 aliphatic rings. The van der Waals surface area contributed by atoms with Crippen LogP contribution in [-0.4, -0.2) is 0 Å². The smallest absolute Gasteiger partial charge is 0.176 e. The summed E-state index contributed by atoms with van der Waals surface area (Å²) in [6.07, 6.45) is 0. The molecule has 0 spiro atoms. The zero-order valence-corrected chi connectivity index (χ0v) is 64.1. The van der Waals surface area contributed by atoms with Gasteiger partial charge in [-0.1, -0.05) is 77.4 Å². The molecule has 320 valence electrons. The molecule has 6 aromatic rings. The predicted molar refractivity (Wildman–Crippen MR) is 218 cm³/mol. The van der Waals surface area contributed by atoms with Crippen molar-refractivity contribution in [2.24, 2.45) is 0 Å². The van der Waals surface area contributed by atoms with E-state index in [0.29, 0.717) is 8.95 Å². The Bertz CT molecular complexity index is 1900. The van der Waals surface area contributed by atoms with E-state index in [-0.39, 0.29) is 291 Å². The van der Waals surface area contributed by atoms with Crippen LogP contribution in [-0.2, 0) is 262 Å². The first-order valence-corrected chi connectivity index (χ1v) is 19.1. The molecule has 0 amide bonds. The van der Waals surface area contributed by atoms with Crippen molar-refractivity contribution in [2.75, 3.05) is 0 Å². The van der Waals surface area contributed by atoms with Crippen molar-refractivity contribution in [3.63, 3.8) is 0 Å². The molecule has 0 saturated heterocycles. The Labute approximate surface area is 614 Å². The Hall–Kier alpha value is 6.33. The maximum absolute atomic E-state index is 12.3. The second-order valence-corrected chi connectivity index (χ2v) is 15.0. The fraction of sp³-hybridized carbons (Fsp3) is 0.0769. The first-order valence-electron chi connectivity index (χ1n) is 14.3. The summed E-state index contributed by atoms with van der Waals surface area (Å²) in [7, 11) is 0. The number of halogens is 16. The van der Waals surface area contributed by atoms with Crippen LogP contribution in [0.2, 0.25) is 0 Å². The van der Waals surface area contributed by atoms with Gasteiger partial charge in [0.15, 0.2) is 34.9 Å². The Kier molecular flexibility index (Phi) is 71.3.